The van der Waals surface area contributed by atoms with Crippen LogP contribution in [0.15, 0.2) is 18.2 Å². The highest BCUT2D eigenvalue weighted by molar-refractivity contribution is 6.05. The summed E-state index contributed by atoms with van der Waals surface area (Å²) >= 11 is 0. The van der Waals surface area contributed by atoms with Crippen LogP contribution in [0.3, 0.4) is 0 Å². The van der Waals surface area contributed by atoms with Crippen LogP contribution in [0.25, 0.3) is 0 Å². The molecular weight excluding hydrogens is 350 g/mol. The zero-order chi connectivity index (χ0) is 18.8. The monoisotopic (exact) mass is 373 g/mol. The maximum Gasteiger partial charge on any atom is 0.338 e. The normalized spacial score (nSPS) is 23.4. The quantitative estimate of drug-likeness (QED) is 0.749. The molecule has 0 aromatic heterocycles. The predicted molar refractivity (Wildman–Crippen MR) is 97.7 cm³/mol. The Kier molecular flexibility index (Phi) is 4.98. The molecule has 8 heteroatoms. The van der Waals surface area contributed by atoms with Crippen LogP contribution in [-0.2, 0) is 19.1 Å². The molecule has 4 rings (SSSR count). The third-order valence-electron chi connectivity index (χ3n) is 5.24. The minimum Gasteiger partial charge on any atom is -0.452 e. The Morgan fingerprint density at radius 2 is 2.19 bits per heavy atom. The van der Waals surface area contributed by atoms with Crippen molar-refractivity contribution >= 4 is 29.2 Å². The van der Waals surface area contributed by atoms with Crippen LogP contribution < -0.4 is 15.5 Å². The van der Waals surface area contributed by atoms with Gasteiger partial charge in [-0.05, 0) is 43.9 Å². The van der Waals surface area contributed by atoms with Crippen LogP contribution in [0.4, 0.5) is 11.4 Å². The summed E-state index contributed by atoms with van der Waals surface area (Å²) in [6.07, 6.45) is 3.79. The van der Waals surface area contributed by atoms with Gasteiger partial charge in [0.05, 0.1) is 23.0 Å². The molecule has 1 aromatic carbocycles. The Hall–Kier alpha value is -2.61. The molecule has 2 fully saturated rings. The number of carbonyl (C=O) groups is 3. The number of amides is 2. The SMILES string of the molecule is O=C(COC(=O)c1ccc2c(c1)NC(=O)[C@@H]1CCCN21)NC[C@H]1CCCO1. The van der Waals surface area contributed by atoms with Crippen LogP contribution in [0, 0.1) is 0 Å². The Labute approximate surface area is 157 Å². The van der Waals surface area contributed by atoms with Gasteiger partial charge in [-0.25, -0.2) is 4.79 Å². The van der Waals surface area contributed by atoms with Crippen LogP contribution >= 0.6 is 0 Å². The number of hydrogen-bond acceptors (Lipinski definition) is 6. The largest absolute Gasteiger partial charge is 0.452 e. The number of rotatable bonds is 5. The molecule has 2 N–H and O–H groups in total. The van der Waals surface area contributed by atoms with Crippen molar-refractivity contribution < 1.29 is 23.9 Å². The molecule has 3 aliphatic rings. The first-order valence-electron chi connectivity index (χ1n) is 9.39. The lowest BCUT2D eigenvalue weighted by molar-refractivity contribution is -0.124. The number of anilines is 2. The van der Waals surface area contributed by atoms with Gasteiger partial charge >= 0.3 is 5.97 Å². The average Bonchev–Trinajstić information content (AvgIpc) is 3.36. The van der Waals surface area contributed by atoms with Crippen molar-refractivity contribution in [3.05, 3.63) is 23.8 Å². The molecule has 0 aliphatic carbocycles. The number of nitrogens with one attached hydrogen (secondary N) is 2. The molecule has 27 heavy (non-hydrogen) atoms. The fourth-order valence-electron chi connectivity index (χ4n) is 3.86. The van der Waals surface area contributed by atoms with Gasteiger partial charge < -0.3 is 25.0 Å². The highest BCUT2D eigenvalue weighted by atomic mass is 16.5. The third kappa shape index (κ3) is 3.75. The predicted octanol–water partition coefficient (Wildman–Crippen LogP) is 1.06. The third-order valence-corrected chi connectivity index (χ3v) is 5.24. The molecule has 0 radical (unpaired) electrons. The standard InChI is InChI=1S/C19H23N3O5/c23-17(20-10-13-3-2-8-26-13)11-27-19(25)12-5-6-15-14(9-12)21-18(24)16-4-1-7-22(15)16/h5-6,9,13,16H,1-4,7-8,10-11H2,(H,20,23)(H,21,24)/t13-,16+/m1/s1. The van der Waals surface area contributed by atoms with Crippen LogP contribution in [-0.4, -0.2) is 56.2 Å². The molecule has 3 aliphatic heterocycles. The Bertz CT molecular complexity index is 760. The second-order valence-electron chi connectivity index (χ2n) is 7.09. The number of carbonyl (C=O) groups excluding carboxylic acids is 3. The first-order valence-corrected chi connectivity index (χ1v) is 9.39. The summed E-state index contributed by atoms with van der Waals surface area (Å²) in [6, 6.07) is 4.97. The van der Waals surface area contributed by atoms with Crippen LogP contribution in [0.5, 0.6) is 0 Å². The fourth-order valence-corrected chi connectivity index (χ4v) is 3.86. The first-order chi connectivity index (χ1) is 13.1. The molecule has 0 bridgehead atoms. The van der Waals surface area contributed by atoms with Crippen LogP contribution in [0.2, 0.25) is 0 Å². The zero-order valence-electron chi connectivity index (χ0n) is 15.0. The molecule has 0 spiro atoms. The zero-order valence-corrected chi connectivity index (χ0v) is 15.0. The molecule has 2 amide bonds. The van der Waals surface area contributed by atoms with Crippen molar-refractivity contribution in [1.82, 2.24) is 5.32 Å². The Morgan fingerprint density at radius 1 is 1.30 bits per heavy atom. The van der Waals surface area contributed by atoms with Gasteiger partial charge in [0.1, 0.15) is 6.04 Å². The summed E-state index contributed by atoms with van der Waals surface area (Å²) in [6.45, 7) is 1.64. The first kappa shape index (κ1) is 17.8. The maximum absolute atomic E-state index is 12.3. The van der Waals surface area contributed by atoms with Gasteiger partial charge in [-0.15, -0.1) is 0 Å². The number of esters is 1. The number of ether oxygens (including phenoxy) is 2. The van der Waals surface area contributed by atoms with Gasteiger partial charge in [0, 0.05) is 19.7 Å². The molecule has 2 saturated heterocycles. The van der Waals surface area contributed by atoms with Crippen molar-refractivity contribution in [1.29, 1.82) is 0 Å². The highest BCUT2D eigenvalue weighted by Crippen LogP contribution is 2.37. The second kappa shape index (κ2) is 7.56. The molecule has 0 saturated carbocycles. The van der Waals surface area contributed by atoms with E-state index < -0.39 is 5.97 Å². The van der Waals surface area contributed by atoms with E-state index in [0.717, 1.165) is 44.5 Å². The maximum atomic E-state index is 12.3. The topological polar surface area (TPSA) is 97.0 Å². The molecule has 144 valence electrons. The van der Waals surface area contributed by atoms with Crippen LogP contribution in [0.1, 0.15) is 36.0 Å². The molecular formula is C19H23N3O5. The lowest BCUT2D eigenvalue weighted by Gasteiger charge is -2.33. The van der Waals surface area contributed by atoms with Gasteiger partial charge in [-0.3, -0.25) is 9.59 Å². The number of hydrogen-bond donors (Lipinski definition) is 2. The van der Waals surface area contributed by atoms with E-state index in [-0.39, 0.29) is 30.6 Å². The van der Waals surface area contributed by atoms with Gasteiger partial charge in [0.2, 0.25) is 5.91 Å². The summed E-state index contributed by atoms with van der Waals surface area (Å²) in [5.74, 6) is -0.994. The average molecular weight is 373 g/mol. The fraction of sp³-hybridized carbons (Fsp3) is 0.526. The van der Waals surface area contributed by atoms with Gasteiger partial charge in [-0.1, -0.05) is 0 Å². The summed E-state index contributed by atoms with van der Waals surface area (Å²) in [5, 5.41) is 5.57. The van der Waals surface area contributed by atoms with E-state index in [1.807, 2.05) is 6.07 Å². The highest BCUT2D eigenvalue weighted by Gasteiger charge is 2.36. The summed E-state index contributed by atoms with van der Waals surface area (Å²) in [5.41, 5.74) is 1.83. The lowest BCUT2D eigenvalue weighted by atomic mass is 10.1. The van der Waals surface area contributed by atoms with E-state index in [1.54, 1.807) is 12.1 Å². The van der Waals surface area contributed by atoms with E-state index in [1.165, 1.54) is 0 Å². The van der Waals surface area contributed by atoms with Gasteiger partial charge in [0.25, 0.3) is 5.91 Å². The number of nitrogens with zero attached hydrogens (tertiary/aromatic N) is 1. The van der Waals surface area contributed by atoms with Crippen molar-refractivity contribution in [2.45, 2.75) is 37.8 Å². The number of benzene rings is 1. The summed E-state index contributed by atoms with van der Waals surface area (Å²) in [7, 11) is 0. The Morgan fingerprint density at radius 3 is 3.00 bits per heavy atom. The van der Waals surface area contributed by atoms with E-state index >= 15 is 0 Å². The van der Waals surface area contributed by atoms with E-state index in [2.05, 4.69) is 15.5 Å². The minimum atomic E-state index is -0.595. The van der Waals surface area contributed by atoms with Crippen molar-refractivity contribution in [3.8, 4) is 0 Å². The molecule has 2 atom stereocenters. The Balaban J connectivity index is 1.33. The molecule has 1 aromatic rings. The summed E-state index contributed by atoms with van der Waals surface area (Å²) in [4.78, 5) is 38.3. The molecule has 3 heterocycles. The lowest BCUT2D eigenvalue weighted by Crippen LogP contribution is -2.43. The number of fused-ring (bicyclic) bond motifs is 3. The van der Waals surface area contributed by atoms with E-state index in [4.69, 9.17) is 9.47 Å². The smallest absolute Gasteiger partial charge is 0.338 e. The van der Waals surface area contributed by atoms with Crippen molar-refractivity contribution in [2.24, 2.45) is 0 Å². The van der Waals surface area contributed by atoms with Crippen molar-refractivity contribution in [2.75, 3.05) is 36.5 Å². The van der Waals surface area contributed by atoms with Gasteiger partial charge in [-0.2, -0.15) is 0 Å². The van der Waals surface area contributed by atoms with Gasteiger partial charge in [0.15, 0.2) is 6.61 Å². The molecule has 8 nitrogen and oxygen atoms in total. The minimum absolute atomic E-state index is 0.0426. The molecule has 0 unspecified atom stereocenters. The summed E-state index contributed by atoms with van der Waals surface area (Å²) < 4.78 is 10.5. The second-order valence-corrected chi connectivity index (χ2v) is 7.09. The van der Waals surface area contributed by atoms with Crippen molar-refractivity contribution in [3.63, 3.8) is 0 Å². The van der Waals surface area contributed by atoms with E-state index in [9.17, 15) is 14.4 Å². The van der Waals surface area contributed by atoms with E-state index in [0.29, 0.717) is 17.8 Å².